The van der Waals surface area contributed by atoms with Crippen molar-refractivity contribution >= 4 is 0 Å². The quantitative estimate of drug-likeness (QED) is 0.646. The normalized spacial score (nSPS) is 28.8. The van der Waals surface area contributed by atoms with Crippen LogP contribution < -0.4 is 5.73 Å². The summed E-state index contributed by atoms with van der Waals surface area (Å²) in [4.78, 5) is 0. The summed E-state index contributed by atoms with van der Waals surface area (Å²) in [6.45, 7) is 3.08. The molecule has 0 spiro atoms. The van der Waals surface area contributed by atoms with Crippen LogP contribution in [0.3, 0.4) is 0 Å². The molecule has 0 radical (unpaired) electrons. The number of hydrogen-bond donors (Lipinski definition) is 1. The fraction of sp³-hybridized carbons (Fsp3) is 1.00. The third-order valence-corrected chi connectivity index (χ3v) is 2.06. The van der Waals surface area contributed by atoms with Gasteiger partial charge in [-0.15, -0.1) is 0 Å². The molecule has 2 atom stereocenters. The van der Waals surface area contributed by atoms with Gasteiger partial charge in [-0.1, -0.05) is 13.3 Å². The van der Waals surface area contributed by atoms with Crippen LogP contribution in [0, 0.1) is 0 Å². The minimum Gasteiger partial charge on any atom is -0.377 e. The average molecular weight is 143 g/mol. The monoisotopic (exact) mass is 143 g/mol. The summed E-state index contributed by atoms with van der Waals surface area (Å²) in [7, 11) is 0. The molecule has 0 aromatic heterocycles. The second-order valence-electron chi connectivity index (χ2n) is 3.00. The van der Waals surface area contributed by atoms with Crippen LogP contribution in [0.15, 0.2) is 0 Å². The minimum atomic E-state index is 0.285. The number of hydrogen-bond acceptors (Lipinski definition) is 2. The third kappa shape index (κ3) is 1.96. The molecule has 1 unspecified atom stereocenters. The van der Waals surface area contributed by atoms with E-state index in [4.69, 9.17) is 10.5 Å². The molecule has 2 heteroatoms. The van der Waals surface area contributed by atoms with Crippen molar-refractivity contribution in [3.05, 3.63) is 0 Å². The molecule has 1 heterocycles. The summed E-state index contributed by atoms with van der Waals surface area (Å²) < 4.78 is 5.44. The zero-order chi connectivity index (χ0) is 7.40. The molecular weight excluding hydrogens is 126 g/mol. The first-order valence-corrected chi connectivity index (χ1v) is 4.21. The van der Waals surface area contributed by atoms with Gasteiger partial charge in [-0.05, 0) is 19.3 Å². The maximum Gasteiger partial charge on any atom is 0.0726 e. The number of nitrogens with two attached hydrogens (primary N) is 1. The van der Waals surface area contributed by atoms with Crippen molar-refractivity contribution in [2.45, 2.75) is 44.8 Å². The molecule has 0 saturated carbocycles. The maximum absolute atomic E-state index is 5.86. The van der Waals surface area contributed by atoms with E-state index in [-0.39, 0.29) is 6.04 Å². The molecule has 0 amide bonds. The zero-order valence-corrected chi connectivity index (χ0v) is 6.68. The minimum absolute atomic E-state index is 0.285. The standard InChI is InChI=1S/C8H17NO/c1-2-4-7(9)8-5-3-6-10-8/h7-8H,2-6,9H2,1H3/t7-,8?/m1/s1. The first-order chi connectivity index (χ1) is 4.84. The van der Waals surface area contributed by atoms with Crippen LogP contribution in [0.25, 0.3) is 0 Å². The molecule has 1 aliphatic rings. The van der Waals surface area contributed by atoms with E-state index in [1.54, 1.807) is 0 Å². The summed E-state index contributed by atoms with van der Waals surface area (Å²) in [5.74, 6) is 0. The van der Waals surface area contributed by atoms with E-state index in [1.165, 1.54) is 19.3 Å². The van der Waals surface area contributed by atoms with E-state index in [2.05, 4.69) is 6.92 Å². The number of rotatable bonds is 3. The lowest BCUT2D eigenvalue weighted by Crippen LogP contribution is -2.33. The Morgan fingerprint density at radius 2 is 2.50 bits per heavy atom. The van der Waals surface area contributed by atoms with Gasteiger partial charge in [-0.3, -0.25) is 0 Å². The highest BCUT2D eigenvalue weighted by atomic mass is 16.5. The molecule has 0 aliphatic carbocycles. The van der Waals surface area contributed by atoms with Crippen LogP contribution in [0.2, 0.25) is 0 Å². The Kier molecular flexibility index (Phi) is 3.16. The largest absolute Gasteiger partial charge is 0.377 e. The first-order valence-electron chi connectivity index (χ1n) is 4.21. The molecular formula is C8H17NO. The van der Waals surface area contributed by atoms with Gasteiger partial charge in [0.25, 0.3) is 0 Å². The lowest BCUT2D eigenvalue weighted by Gasteiger charge is -2.16. The second kappa shape index (κ2) is 3.94. The molecule has 1 fully saturated rings. The molecule has 2 N–H and O–H groups in total. The van der Waals surface area contributed by atoms with Gasteiger partial charge in [0.2, 0.25) is 0 Å². The lowest BCUT2D eigenvalue weighted by atomic mass is 10.0. The predicted octanol–water partition coefficient (Wildman–Crippen LogP) is 1.29. The van der Waals surface area contributed by atoms with Crippen LogP contribution >= 0.6 is 0 Å². The van der Waals surface area contributed by atoms with Gasteiger partial charge >= 0.3 is 0 Å². The van der Waals surface area contributed by atoms with E-state index >= 15 is 0 Å². The summed E-state index contributed by atoms with van der Waals surface area (Å²) in [6.07, 6.45) is 4.99. The van der Waals surface area contributed by atoms with E-state index in [0.29, 0.717) is 6.10 Å². The Hall–Kier alpha value is -0.0800. The highest BCUT2D eigenvalue weighted by Gasteiger charge is 2.21. The third-order valence-electron chi connectivity index (χ3n) is 2.06. The summed E-state index contributed by atoms with van der Waals surface area (Å²) >= 11 is 0. The summed E-state index contributed by atoms with van der Waals surface area (Å²) in [5, 5.41) is 0. The summed E-state index contributed by atoms with van der Waals surface area (Å²) in [6, 6.07) is 0.285. The SMILES string of the molecule is CCC[C@@H](N)C1CCCO1. The van der Waals surface area contributed by atoms with E-state index < -0.39 is 0 Å². The van der Waals surface area contributed by atoms with Crippen LogP contribution in [0.5, 0.6) is 0 Å². The van der Waals surface area contributed by atoms with Crippen LogP contribution in [0.1, 0.15) is 32.6 Å². The van der Waals surface area contributed by atoms with Crippen LogP contribution in [0.4, 0.5) is 0 Å². The van der Waals surface area contributed by atoms with Gasteiger partial charge in [-0.25, -0.2) is 0 Å². The Bertz CT molecular complexity index is 89.3. The molecule has 1 saturated heterocycles. The molecule has 1 rings (SSSR count). The maximum atomic E-state index is 5.86. The van der Waals surface area contributed by atoms with Crippen molar-refractivity contribution in [2.75, 3.05) is 6.61 Å². The molecule has 1 aliphatic heterocycles. The van der Waals surface area contributed by atoms with Crippen LogP contribution in [-0.4, -0.2) is 18.8 Å². The van der Waals surface area contributed by atoms with E-state index in [1.807, 2.05) is 0 Å². The molecule has 2 nitrogen and oxygen atoms in total. The second-order valence-corrected chi connectivity index (χ2v) is 3.00. The fourth-order valence-corrected chi connectivity index (χ4v) is 1.46. The van der Waals surface area contributed by atoms with Crippen molar-refractivity contribution in [1.29, 1.82) is 0 Å². The van der Waals surface area contributed by atoms with Gasteiger partial charge in [0.1, 0.15) is 0 Å². The van der Waals surface area contributed by atoms with Crippen molar-refractivity contribution in [2.24, 2.45) is 5.73 Å². The molecule has 0 aromatic rings. The first kappa shape index (κ1) is 8.02. The van der Waals surface area contributed by atoms with Gasteiger partial charge in [0.05, 0.1) is 6.10 Å². The Balaban J connectivity index is 2.18. The molecule has 0 aromatic carbocycles. The Labute approximate surface area is 62.7 Å². The van der Waals surface area contributed by atoms with Gasteiger partial charge in [-0.2, -0.15) is 0 Å². The zero-order valence-electron chi connectivity index (χ0n) is 6.68. The highest BCUT2D eigenvalue weighted by molar-refractivity contribution is 4.76. The van der Waals surface area contributed by atoms with E-state index in [9.17, 15) is 0 Å². The summed E-state index contributed by atoms with van der Waals surface area (Å²) in [5.41, 5.74) is 5.86. The fourth-order valence-electron chi connectivity index (χ4n) is 1.46. The Morgan fingerprint density at radius 3 is 3.00 bits per heavy atom. The van der Waals surface area contributed by atoms with Crippen molar-refractivity contribution in [3.63, 3.8) is 0 Å². The predicted molar refractivity (Wildman–Crippen MR) is 41.9 cm³/mol. The smallest absolute Gasteiger partial charge is 0.0726 e. The Morgan fingerprint density at radius 1 is 1.70 bits per heavy atom. The van der Waals surface area contributed by atoms with Crippen molar-refractivity contribution in [3.8, 4) is 0 Å². The topological polar surface area (TPSA) is 35.2 Å². The molecule has 60 valence electrons. The van der Waals surface area contributed by atoms with Gasteiger partial charge in [0, 0.05) is 12.6 Å². The van der Waals surface area contributed by atoms with Crippen molar-refractivity contribution < 1.29 is 4.74 Å². The van der Waals surface area contributed by atoms with Crippen LogP contribution in [-0.2, 0) is 4.74 Å². The average Bonchev–Trinajstić information content (AvgIpc) is 2.38. The lowest BCUT2D eigenvalue weighted by molar-refractivity contribution is 0.0873. The van der Waals surface area contributed by atoms with E-state index in [0.717, 1.165) is 13.0 Å². The molecule has 10 heavy (non-hydrogen) atoms. The molecule has 0 bridgehead atoms. The number of ether oxygens (including phenoxy) is 1. The van der Waals surface area contributed by atoms with Gasteiger partial charge in [0.15, 0.2) is 0 Å². The van der Waals surface area contributed by atoms with Gasteiger partial charge < -0.3 is 10.5 Å². The van der Waals surface area contributed by atoms with Crippen molar-refractivity contribution in [1.82, 2.24) is 0 Å². The highest BCUT2D eigenvalue weighted by Crippen LogP contribution is 2.16.